The smallest absolute Gasteiger partial charge is 0.119 e. The Bertz CT molecular complexity index is 695. The Balaban J connectivity index is 1.73. The lowest BCUT2D eigenvalue weighted by atomic mass is 10.0. The maximum absolute atomic E-state index is 5.80. The molecule has 0 aliphatic rings. The van der Waals surface area contributed by atoms with Gasteiger partial charge in [-0.15, -0.1) is 0 Å². The van der Waals surface area contributed by atoms with Crippen molar-refractivity contribution in [2.24, 2.45) is 0 Å². The van der Waals surface area contributed by atoms with E-state index in [1.807, 2.05) is 44.2 Å². The van der Waals surface area contributed by atoms with Gasteiger partial charge in [0.05, 0.1) is 5.69 Å². The molecule has 21 heavy (non-hydrogen) atoms. The quantitative estimate of drug-likeness (QED) is 0.773. The summed E-state index contributed by atoms with van der Waals surface area (Å²) in [5.74, 6) is 0.876. The van der Waals surface area contributed by atoms with Crippen LogP contribution in [0.5, 0.6) is 5.75 Å². The van der Waals surface area contributed by atoms with Crippen molar-refractivity contribution in [1.29, 1.82) is 0 Å². The number of hydrogen-bond acceptors (Lipinski definition) is 2. The van der Waals surface area contributed by atoms with Crippen molar-refractivity contribution < 1.29 is 4.74 Å². The van der Waals surface area contributed by atoms with Crippen LogP contribution in [0.1, 0.15) is 17.0 Å². The van der Waals surface area contributed by atoms with Gasteiger partial charge in [0.2, 0.25) is 0 Å². The van der Waals surface area contributed by atoms with Gasteiger partial charge >= 0.3 is 0 Å². The fourth-order valence-corrected chi connectivity index (χ4v) is 2.43. The molecule has 3 rings (SSSR count). The molecule has 0 saturated carbocycles. The van der Waals surface area contributed by atoms with Gasteiger partial charge in [-0.25, -0.2) is 0 Å². The third-order valence-corrected chi connectivity index (χ3v) is 3.52. The number of nitrogens with one attached hydrogen (secondary N) is 1. The molecule has 0 fully saturated rings. The SMILES string of the molecule is Cc1n[nH]c(C)c1-c1ccc(OCc2ccccc2)cc1. The van der Waals surface area contributed by atoms with Crippen LogP contribution in [0.25, 0.3) is 11.1 Å². The predicted octanol–water partition coefficient (Wildman–Crippen LogP) is 4.27. The Morgan fingerprint density at radius 2 is 1.67 bits per heavy atom. The lowest BCUT2D eigenvalue weighted by Gasteiger charge is -2.07. The van der Waals surface area contributed by atoms with Crippen LogP contribution >= 0.6 is 0 Å². The molecule has 3 nitrogen and oxygen atoms in total. The number of ether oxygens (including phenoxy) is 1. The molecule has 1 heterocycles. The van der Waals surface area contributed by atoms with E-state index < -0.39 is 0 Å². The molecule has 0 aliphatic carbocycles. The summed E-state index contributed by atoms with van der Waals surface area (Å²) in [5.41, 5.74) is 5.61. The maximum atomic E-state index is 5.80. The largest absolute Gasteiger partial charge is 0.489 e. The summed E-state index contributed by atoms with van der Waals surface area (Å²) in [4.78, 5) is 0. The molecule has 0 saturated heterocycles. The molecule has 0 amide bonds. The Hall–Kier alpha value is -2.55. The van der Waals surface area contributed by atoms with Crippen LogP contribution < -0.4 is 4.74 Å². The van der Waals surface area contributed by atoms with Crippen LogP contribution in [-0.2, 0) is 6.61 Å². The van der Waals surface area contributed by atoms with Crippen LogP contribution in [0.3, 0.4) is 0 Å². The first kappa shape index (κ1) is 13.4. The highest BCUT2D eigenvalue weighted by atomic mass is 16.5. The summed E-state index contributed by atoms with van der Waals surface area (Å²) in [6.45, 7) is 4.64. The number of benzene rings is 2. The van der Waals surface area contributed by atoms with Crippen LogP contribution in [0, 0.1) is 13.8 Å². The van der Waals surface area contributed by atoms with E-state index in [1.165, 1.54) is 11.1 Å². The summed E-state index contributed by atoms with van der Waals surface area (Å²) in [6, 6.07) is 18.3. The first-order valence-corrected chi connectivity index (χ1v) is 7.03. The second-order valence-corrected chi connectivity index (χ2v) is 5.11. The molecule has 2 aromatic carbocycles. The minimum absolute atomic E-state index is 0.587. The van der Waals surface area contributed by atoms with Crippen LogP contribution in [0.15, 0.2) is 54.6 Å². The lowest BCUT2D eigenvalue weighted by molar-refractivity contribution is 0.306. The number of aryl methyl sites for hydroxylation is 2. The topological polar surface area (TPSA) is 37.9 Å². The molecular formula is C18H18N2O. The Morgan fingerprint density at radius 1 is 0.952 bits per heavy atom. The maximum Gasteiger partial charge on any atom is 0.119 e. The molecule has 1 N–H and O–H groups in total. The van der Waals surface area contributed by atoms with E-state index >= 15 is 0 Å². The highest BCUT2D eigenvalue weighted by Crippen LogP contribution is 2.27. The number of rotatable bonds is 4. The number of aromatic nitrogens is 2. The zero-order valence-corrected chi connectivity index (χ0v) is 12.3. The van der Waals surface area contributed by atoms with Crippen molar-refractivity contribution in [2.45, 2.75) is 20.5 Å². The van der Waals surface area contributed by atoms with Crippen LogP contribution in [-0.4, -0.2) is 10.2 Å². The molecule has 0 unspecified atom stereocenters. The minimum Gasteiger partial charge on any atom is -0.489 e. The monoisotopic (exact) mass is 278 g/mol. The summed E-state index contributed by atoms with van der Waals surface area (Å²) in [5, 5.41) is 7.25. The Labute approximate surface area is 124 Å². The first-order valence-electron chi connectivity index (χ1n) is 7.03. The molecule has 3 heteroatoms. The van der Waals surface area contributed by atoms with E-state index in [0.29, 0.717) is 6.61 Å². The molecule has 0 spiro atoms. The van der Waals surface area contributed by atoms with Gasteiger partial charge in [-0.05, 0) is 37.1 Å². The highest BCUT2D eigenvalue weighted by Gasteiger charge is 2.08. The number of hydrogen-bond donors (Lipinski definition) is 1. The van der Waals surface area contributed by atoms with Gasteiger partial charge in [0.15, 0.2) is 0 Å². The zero-order valence-electron chi connectivity index (χ0n) is 12.3. The van der Waals surface area contributed by atoms with Gasteiger partial charge in [-0.2, -0.15) is 5.10 Å². The predicted molar refractivity (Wildman–Crippen MR) is 84.3 cm³/mol. The van der Waals surface area contributed by atoms with Crippen molar-refractivity contribution >= 4 is 0 Å². The zero-order chi connectivity index (χ0) is 14.7. The number of aromatic amines is 1. The van der Waals surface area contributed by atoms with Gasteiger partial charge < -0.3 is 4.74 Å². The molecule has 3 aromatic rings. The van der Waals surface area contributed by atoms with Crippen LogP contribution in [0.2, 0.25) is 0 Å². The van der Waals surface area contributed by atoms with Crippen LogP contribution in [0.4, 0.5) is 0 Å². The second kappa shape index (κ2) is 5.83. The average Bonchev–Trinajstić information content (AvgIpc) is 2.86. The molecule has 0 radical (unpaired) electrons. The molecule has 0 atom stereocenters. The van der Waals surface area contributed by atoms with E-state index in [1.54, 1.807) is 0 Å². The lowest BCUT2D eigenvalue weighted by Crippen LogP contribution is -1.94. The third kappa shape index (κ3) is 2.97. The van der Waals surface area contributed by atoms with Crippen molar-refractivity contribution in [3.63, 3.8) is 0 Å². The Morgan fingerprint density at radius 3 is 2.29 bits per heavy atom. The number of H-pyrrole nitrogens is 1. The summed E-state index contributed by atoms with van der Waals surface area (Å²) in [7, 11) is 0. The summed E-state index contributed by atoms with van der Waals surface area (Å²) < 4.78 is 5.80. The molecular weight excluding hydrogens is 260 g/mol. The fourth-order valence-electron chi connectivity index (χ4n) is 2.43. The third-order valence-electron chi connectivity index (χ3n) is 3.52. The molecule has 1 aromatic heterocycles. The van der Waals surface area contributed by atoms with E-state index in [-0.39, 0.29) is 0 Å². The van der Waals surface area contributed by atoms with Crippen molar-refractivity contribution in [3.05, 3.63) is 71.5 Å². The number of nitrogens with zero attached hydrogens (tertiary/aromatic N) is 1. The van der Waals surface area contributed by atoms with Crippen molar-refractivity contribution in [2.75, 3.05) is 0 Å². The molecule has 0 aliphatic heterocycles. The van der Waals surface area contributed by atoms with Gasteiger partial charge in [-0.3, -0.25) is 5.10 Å². The normalized spacial score (nSPS) is 10.6. The standard InChI is InChI=1S/C18H18N2O/c1-13-18(14(2)20-19-13)16-8-10-17(11-9-16)21-12-15-6-4-3-5-7-15/h3-11H,12H2,1-2H3,(H,19,20). The second-order valence-electron chi connectivity index (χ2n) is 5.11. The van der Waals surface area contributed by atoms with Crippen molar-refractivity contribution in [1.82, 2.24) is 10.2 Å². The average molecular weight is 278 g/mol. The molecule has 106 valence electrons. The van der Waals surface area contributed by atoms with Gasteiger partial charge in [-0.1, -0.05) is 42.5 Å². The van der Waals surface area contributed by atoms with Gasteiger partial charge in [0.1, 0.15) is 12.4 Å². The van der Waals surface area contributed by atoms with E-state index in [9.17, 15) is 0 Å². The summed E-state index contributed by atoms with van der Waals surface area (Å²) in [6.07, 6.45) is 0. The molecule has 0 bridgehead atoms. The first-order chi connectivity index (χ1) is 10.2. The fraction of sp³-hybridized carbons (Fsp3) is 0.167. The minimum atomic E-state index is 0.587. The van der Waals surface area contributed by atoms with E-state index in [0.717, 1.165) is 22.7 Å². The Kier molecular flexibility index (Phi) is 3.73. The van der Waals surface area contributed by atoms with E-state index in [2.05, 4.69) is 34.5 Å². The van der Waals surface area contributed by atoms with Gasteiger partial charge in [0, 0.05) is 11.3 Å². The highest BCUT2D eigenvalue weighted by molar-refractivity contribution is 5.68. The van der Waals surface area contributed by atoms with Crippen molar-refractivity contribution in [3.8, 4) is 16.9 Å². The van der Waals surface area contributed by atoms with Gasteiger partial charge in [0.25, 0.3) is 0 Å². The van der Waals surface area contributed by atoms with E-state index in [4.69, 9.17) is 4.74 Å². The summed E-state index contributed by atoms with van der Waals surface area (Å²) >= 11 is 0.